The van der Waals surface area contributed by atoms with Gasteiger partial charge in [0.25, 0.3) is 5.91 Å². The van der Waals surface area contributed by atoms with Crippen molar-refractivity contribution in [2.24, 2.45) is 0 Å². The molecule has 0 atom stereocenters. The molecule has 27 heavy (non-hydrogen) atoms. The van der Waals surface area contributed by atoms with Crippen LogP contribution in [0.25, 0.3) is 11.1 Å². The van der Waals surface area contributed by atoms with E-state index in [0.29, 0.717) is 30.8 Å². The van der Waals surface area contributed by atoms with E-state index in [0.717, 1.165) is 30.5 Å². The zero-order valence-electron chi connectivity index (χ0n) is 14.5. The average molecular weight is 376 g/mol. The van der Waals surface area contributed by atoms with E-state index in [1.165, 1.54) is 17.2 Å². The van der Waals surface area contributed by atoms with Crippen LogP contribution in [0.3, 0.4) is 0 Å². The molecule has 2 fully saturated rings. The number of likely N-dealkylation sites (tertiary alicyclic amines) is 1. The molecule has 2 aliphatic heterocycles. The Morgan fingerprint density at radius 3 is 2.00 bits per heavy atom. The van der Waals surface area contributed by atoms with Crippen LogP contribution in [0.15, 0.2) is 48.5 Å². The fourth-order valence-corrected chi connectivity index (χ4v) is 3.89. The van der Waals surface area contributed by atoms with Gasteiger partial charge in [-0.25, -0.2) is 0 Å². The molecule has 1 spiro atoms. The standard InChI is InChI=1S/C20H19F3N2O2/c21-20(22,23)17-8-6-15(7-9-17)14-2-4-16(5-3-14)18(26)24-12-19(13-24)10-1-11-25(19)27/h2-9,27H,1,10-13H2. The molecule has 7 heteroatoms. The molecule has 0 radical (unpaired) electrons. The highest BCUT2D eigenvalue weighted by Crippen LogP contribution is 2.37. The summed E-state index contributed by atoms with van der Waals surface area (Å²) in [6.07, 6.45) is -2.53. The van der Waals surface area contributed by atoms with E-state index >= 15 is 0 Å². The molecule has 4 nitrogen and oxygen atoms in total. The quantitative estimate of drug-likeness (QED) is 0.860. The molecule has 0 aliphatic carbocycles. The average Bonchev–Trinajstić information content (AvgIpc) is 3.01. The number of hydrogen-bond donors (Lipinski definition) is 1. The largest absolute Gasteiger partial charge is 0.416 e. The molecular weight excluding hydrogens is 357 g/mol. The monoisotopic (exact) mass is 376 g/mol. The number of hydrogen-bond acceptors (Lipinski definition) is 3. The van der Waals surface area contributed by atoms with Gasteiger partial charge in [0.05, 0.1) is 11.1 Å². The Morgan fingerprint density at radius 1 is 0.963 bits per heavy atom. The third-order valence-electron chi connectivity index (χ3n) is 5.49. The second-order valence-electron chi connectivity index (χ2n) is 7.26. The van der Waals surface area contributed by atoms with E-state index in [-0.39, 0.29) is 11.4 Å². The van der Waals surface area contributed by atoms with Gasteiger partial charge in [0.2, 0.25) is 0 Å². The van der Waals surface area contributed by atoms with E-state index in [1.54, 1.807) is 29.2 Å². The summed E-state index contributed by atoms with van der Waals surface area (Å²) >= 11 is 0. The number of nitrogens with zero attached hydrogens (tertiary/aromatic N) is 2. The Hall–Kier alpha value is -2.38. The Kier molecular flexibility index (Phi) is 4.24. The van der Waals surface area contributed by atoms with Crippen molar-refractivity contribution in [2.45, 2.75) is 24.6 Å². The Labute approximate surface area is 154 Å². The molecule has 2 aromatic carbocycles. The first-order valence-electron chi connectivity index (χ1n) is 8.82. The number of rotatable bonds is 2. The fraction of sp³-hybridized carbons (Fsp3) is 0.350. The molecule has 1 N–H and O–H groups in total. The predicted molar refractivity (Wildman–Crippen MR) is 93.2 cm³/mol. The summed E-state index contributed by atoms with van der Waals surface area (Å²) in [4.78, 5) is 14.3. The van der Waals surface area contributed by atoms with Crippen LogP contribution in [0.4, 0.5) is 13.2 Å². The molecule has 0 bridgehead atoms. The van der Waals surface area contributed by atoms with Crippen LogP contribution in [0.1, 0.15) is 28.8 Å². The number of carbonyl (C=O) groups is 1. The summed E-state index contributed by atoms with van der Waals surface area (Å²) in [6, 6.07) is 11.8. The molecule has 2 aromatic rings. The fourth-order valence-electron chi connectivity index (χ4n) is 3.89. The minimum Gasteiger partial charge on any atom is -0.335 e. The number of alkyl halides is 3. The number of carbonyl (C=O) groups excluding carboxylic acids is 1. The first-order chi connectivity index (χ1) is 12.8. The highest BCUT2D eigenvalue weighted by Gasteiger charge is 2.51. The van der Waals surface area contributed by atoms with Crippen LogP contribution in [0.5, 0.6) is 0 Å². The minimum atomic E-state index is -4.35. The van der Waals surface area contributed by atoms with Crippen molar-refractivity contribution in [3.8, 4) is 11.1 Å². The van der Waals surface area contributed by atoms with Gasteiger partial charge < -0.3 is 10.1 Å². The summed E-state index contributed by atoms with van der Waals surface area (Å²) in [5.74, 6) is -0.0973. The second kappa shape index (κ2) is 6.35. The van der Waals surface area contributed by atoms with Crippen LogP contribution < -0.4 is 0 Å². The Morgan fingerprint density at radius 2 is 1.52 bits per heavy atom. The lowest BCUT2D eigenvalue weighted by atomic mass is 9.87. The van der Waals surface area contributed by atoms with Crippen molar-refractivity contribution in [2.75, 3.05) is 19.6 Å². The molecule has 142 valence electrons. The van der Waals surface area contributed by atoms with Crippen LogP contribution in [0, 0.1) is 0 Å². The van der Waals surface area contributed by atoms with Gasteiger partial charge in [-0.05, 0) is 48.2 Å². The molecule has 2 aliphatic rings. The lowest BCUT2D eigenvalue weighted by Crippen LogP contribution is -2.68. The van der Waals surface area contributed by atoms with E-state index in [1.807, 2.05) is 0 Å². The van der Waals surface area contributed by atoms with Gasteiger partial charge in [0, 0.05) is 25.2 Å². The second-order valence-corrected chi connectivity index (χ2v) is 7.26. The van der Waals surface area contributed by atoms with E-state index in [4.69, 9.17) is 0 Å². The van der Waals surface area contributed by atoms with Crippen molar-refractivity contribution in [3.63, 3.8) is 0 Å². The normalized spacial score (nSPS) is 19.3. The van der Waals surface area contributed by atoms with Gasteiger partial charge in [0.1, 0.15) is 0 Å². The topological polar surface area (TPSA) is 43.8 Å². The molecular formula is C20H19F3N2O2. The third kappa shape index (κ3) is 3.21. The van der Waals surface area contributed by atoms with Crippen LogP contribution in [0.2, 0.25) is 0 Å². The summed E-state index contributed by atoms with van der Waals surface area (Å²) in [7, 11) is 0. The summed E-state index contributed by atoms with van der Waals surface area (Å²) in [5, 5.41) is 11.3. The first-order valence-corrected chi connectivity index (χ1v) is 8.82. The van der Waals surface area contributed by atoms with Crippen molar-refractivity contribution < 1.29 is 23.2 Å². The maximum Gasteiger partial charge on any atom is 0.416 e. The minimum absolute atomic E-state index is 0.0973. The van der Waals surface area contributed by atoms with Crippen molar-refractivity contribution >= 4 is 5.91 Å². The van der Waals surface area contributed by atoms with Gasteiger partial charge in [-0.3, -0.25) is 4.79 Å². The zero-order valence-corrected chi connectivity index (χ0v) is 14.5. The van der Waals surface area contributed by atoms with E-state index in [2.05, 4.69) is 0 Å². The van der Waals surface area contributed by atoms with Crippen LogP contribution in [-0.2, 0) is 6.18 Å². The lowest BCUT2D eigenvalue weighted by molar-refractivity contribution is -0.187. The molecule has 2 heterocycles. The maximum atomic E-state index is 12.7. The lowest BCUT2D eigenvalue weighted by Gasteiger charge is -2.50. The van der Waals surface area contributed by atoms with Crippen molar-refractivity contribution in [1.29, 1.82) is 0 Å². The SMILES string of the molecule is O=C(c1ccc(-c2ccc(C(F)(F)F)cc2)cc1)N1CC2(CCCN2O)C1. The molecule has 2 saturated heterocycles. The van der Waals surface area contributed by atoms with Gasteiger partial charge in [-0.1, -0.05) is 24.3 Å². The van der Waals surface area contributed by atoms with Crippen LogP contribution >= 0.6 is 0 Å². The smallest absolute Gasteiger partial charge is 0.335 e. The molecule has 1 amide bonds. The maximum absolute atomic E-state index is 12.7. The van der Waals surface area contributed by atoms with Crippen molar-refractivity contribution in [3.05, 3.63) is 59.7 Å². The number of hydroxylamine groups is 2. The predicted octanol–water partition coefficient (Wildman–Crippen LogP) is 4.05. The van der Waals surface area contributed by atoms with Gasteiger partial charge in [-0.15, -0.1) is 0 Å². The highest BCUT2D eigenvalue weighted by molar-refractivity contribution is 5.95. The number of amides is 1. The van der Waals surface area contributed by atoms with Gasteiger partial charge >= 0.3 is 6.18 Å². The summed E-state index contributed by atoms with van der Waals surface area (Å²) < 4.78 is 38.0. The van der Waals surface area contributed by atoms with Crippen LogP contribution in [-0.4, -0.2) is 46.3 Å². The van der Waals surface area contributed by atoms with Gasteiger partial charge in [0.15, 0.2) is 0 Å². The molecule has 0 unspecified atom stereocenters. The Balaban J connectivity index is 1.44. The van der Waals surface area contributed by atoms with E-state index < -0.39 is 11.7 Å². The van der Waals surface area contributed by atoms with Crippen molar-refractivity contribution in [1.82, 2.24) is 9.96 Å². The zero-order chi connectivity index (χ0) is 19.2. The Bertz CT molecular complexity index is 841. The number of halogens is 3. The van der Waals surface area contributed by atoms with Gasteiger partial charge in [-0.2, -0.15) is 18.2 Å². The third-order valence-corrected chi connectivity index (χ3v) is 5.49. The summed E-state index contributed by atoms with van der Waals surface area (Å²) in [6.45, 7) is 1.68. The highest BCUT2D eigenvalue weighted by atomic mass is 19.4. The molecule has 0 saturated carbocycles. The molecule has 0 aromatic heterocycles. The van der Waals surface area contributed by atoms with E-state index in [9.17, 15) is 23.2 Å². The summed E-state index contributed by atoms with van der Waals surface area (Å²) in [5.41, 5.74) is 0.970. The molecule has 4 rings (SSSR count). The first kappa shape index (κ1) is 18.0. The number of benzene rings is 2.